The summed E-state index contributed by atoms with van der Waals surface area (Å²) in [4.78, 5) is 4.11. The van der Waals surface area contributed by atoms with Gasteiger partial charge in [0.2, 0.25) is 0 Å². The zero-order chi connectivity index (χ0) is 9.90. The Bertz CT molecular complexity index is 270. The van der Waals surface area contributed by atoms with Gasteiger partial charge in [-0.05, 0) is 13.3 Å². The molecule has 1 aromatic rings. The van der Waals surface area contributed by atoms with Gasteiger partial charge in [-0.25, -0.2) is 0 Å². The SMILES string of the molecule is CCC(C)(N)c1noc(COC)n1. The highest BCUT2D eigenvalue weighted by Gasteiger charge is 2.24. The number of aromatic nitrogens is 2. The van der Waals surface area contributed by atoms with E-state index >= 15 is 0 Å². The summed E-state index contributed by atoms with van der Waals surface area (Å²) in [5.41, 5.74) is 5.40. The molecule has 0 aliphatic rings. The highest BCUT2D eigenvalue weighted by molar-refractivity contribution is 5.00. The van der Waals surface area contributed by atoms with Gasteiger partial charge in [-0.15, -0.1) is 0 Å². The molecule has 5 nitrogen and oxygen atoms in total. The molecule has 5 heteroatoms. The lowest BCUT2D eigenvalue weighted by Crippen LogP contribution is -2.33. The van der Waals surface area contributed by atoms with Crippen LogP contribution in [0, 0.1) is 0 Å². The monoisotopic (exact) mass is 185 g/mol. The van der Waals surface area contributed by atoms with E-state index in [9.17, 15) is 0 Å². The van der Waals surface area contributed by atoms with Gasteiger partial charge in [0, 0.05) is 7.11 Å². The molecule has 1 aromatic heterocycles. The standard InChI is InChI=1S/C8H15N3O2/c1-4-8(2,9)7-10-6(5-12-3)13-11-7/h4-5,9H2,1-3H3. The van der Waals surface area contributed by atoms with Crippen molar-refractivity contribution in [3.8, 4) is 0 Å². The van der Waals surface area contributed by atoms with Gasteiger partial charge in [-0.2, -0.15) is 4.98 Å². The summed E-state index contributed by atoms with van der Waals surface area (Å²) < 4.78 is 9.78. The molecule has 0 bridgehead atoms. The van der Waals surface area contributed by atoms with Crippen LogP contribution in [-0.2, 0) is 16.9 Å². The van der Waals surface area contributed by atoms with Crippen LogP contribution in [0.3, 0.4) is 0 Å². The van der Waals surface area contributed by atoms with Crippen LogP contribution in [0.5, 0.6) is 0 Å². The second-order valence-corrected chi connectivity index (χ2v) is 3.22. The molecule has 0 saturated carbocycles. The Hall–Kier alpha value is -0.940. The summed E-state index contributed by atoms with van der Waals surface area (Å²) in [6.45, 7) is 4.17. The molecule has 0 aliphatic heterocycles. The van der Waals surface area contributed by atoms with E-state index in [0.29, 0.717) is 18.3 Å². The molecule has 0 fully saturated rings. The van der Waals surface area contributed by atoms with Gasteiger partial charge < -0.3 is 15.0 Å². The smallest absolute Gasteiger partial charge is 0.252 e. The summed E-state index contributed by atoms with van der Waals surface area (Å²) in [5, 5.41) is 3.79. The average molecular weight is 185 g/mol. The fourth-order valence-corrected chi connectivity index (χ4v) is 0.827. The third-order valence-corrected chi connectivity index (χ3v) is 1.98. The third kappa shape index (κ3) is 2.26. The van der Waals surface area contributed by atoms with Crippen molar-refractivity contribution in [2.24, 2.45) is 5.73 Å². The van der Waals surface area contributed by atoms with Gasteiger partial charge in [-0.1, -0.05) is 12.1 Å². The first kappa shape index (κ1) is 10.1. The minimum absolute atomic E-state index is 0.326. The Kier molecular flexibility index (Phi) is 3.00. The first-order chi connectivity index (χ1) is 6.10. The summed E-state index contributed by atoms with van der Waals surface area (Å²) in [6.07, 6.45) is 0.763. The van der Waals surface area contributed by atoms with E-state index in [-0.39, 0.29) is 0 Å². The van der Waals surface area contributed by atoms with Gasteiger partial charge in [0.15, 0.2) is 5.82 Å². The number of rotatable bonds is 4. The van der Waals surface area contributed by atoms with Crippen molar-refractivity contribution in [1.82, 2.24) is 10.1 Å². The van der Waals surface area contributed by atoms with E-state index in [2.05, 4.69) is 10.1 Å². The van der Waals surface area contributed by atoms with Gasteiger partial charge in [0.1, 0.15) is 6.61 Å². The number of nitrogens with zero attached hydrogens (tertiary/aromatic N) is 2. The zero-order valence-corrected chi connectivity index (χ0v) is 8.20. The van der Waals surface area contributed by atoms with Gasteiger partial charge >= 0.3 is 0 Å². The van der Waals surface area contributed by atoms with E-state index in [0.717, 1.165) is 6.42 Å². The van der Waals surface area contributed by atoms with E-state index in [1.165, 1.54) is 0 Å². The second-order valence-electron chi connectivity index (χ2n) is 3.22. The summed E-state index contributed by atoms with van der Waals surface area (Å²) in [5.74, 6) is 0.990. The second kappa shape index (κ2) is 3.85. The van der Waals surface area contributed by atoms with Crippen LogP contribution in [0.25, 0.3) is 0 Å². The number of ether oxygens (including phenoxy) is 1. The molecule has 13 heavy (non-hydrogen) atoms. The van der Waals surface area contributed by atoms with E-state index in [1.807, 2.05) is 13.8 Å². The van der Waals surface area contributed by atoms with Crippen molar-refractivity contribution in [3.63, 3.8) is 0 Å². The number of nitrogens with two attached hydrogens (primary N) is 1. The first-order valence-corrected chi connectivity index (χ1v) is 4.21. The largest absolute Gasteiger partial charge is 0.375 e. The van der Waals surface area contributed by atoms with Crippen LogP contribution < -0.4 is 5.73 Å². The molecule has 1 heterocycles. The fraction of sp³-hybridized carbons (Fsp3) is 0.750. The van der Waals surface area contributed by atoms with Crippen molar-refractivity contribution in [2.45, 2.75) is 32.4 Å². The highest BCUT2D eigenvalue weighted by Crippen LogP contribution is 2.17. The first-order valence-electron chi connectivity index (χ1n) is 4.21. The molecule has 1 unspecified atom stereocenters. The summed E-state index contributed by atoms with van der Waals surface area (Å²) in [6, 6.07) is 0. The Morgan fingerprint density at radius 3 is 2.85 bits per heavy atom. The van der Waals surface area contributed by atoms with Crippen molar-refractivity contribution in [2.75, 3.05) is 7.11 Å². The predicted octanol–water partition coefficient (Wildman–Crippen LogP) is 0.800. The Labute approximate surface area is 77.3 Å². The van der Waals surface area contributed by atoms with Gasteiger partial charge in [0.05, 0.1) is 5.54 Å². The van der Waals surface area contributed by atoms with E-state index < -0.39 is 5.54 Å². The van der Waals surface area contributed by atoms with E-state index in [1.54, 1.807) is 7.11 Å². The molecule has 0 aromatic carbocycles. The minimum atomic E-state index is -0.518. The van der Waals surface area contributed by atoms with Crippen LogP contribution >= 0.6 is 0 Å². The summed E-state index contributed by atoms with van der Waals surface area (Å²) in [7, 11) is 1.57. The maximum absolute atomic E-state index is 5.92. The molecular weight excluding hydrogens is 170 g/mol. The molecule has 0 aliphatic carbocycles. The molecule has 0 radical (unpaired) electrons. The van der Waals surface area contributed by atoms with Crippen LogP contribution in [0.2, 0.25) is 0 Å². The maximum atomic E-state index is 5.92. The normalized spacial score (nSPS) is 15.7. The van der Waals surface area contributed by atoms with Gasteiger partial charge in [0.25, 0.3) is 5.89 Å². The third-order valence-electron chi connectivity index (χ3n) is 1.98. The van der Waals surface area contributed by atoms with Crippen molar-refractivity contribution in [3.05, 3.63) is 11.7 Å². The quantitative estimate of drug-likeness (QED) is 0.751. The van der Waals surface area contributed by atoms with Crippen LogP contribution in [-0.4, -0.2) is 17.3 Å². The molecular formula is C8H15N3O2. The Morgan fingerprint density at radius 2 is 2.31 bits per heavy atom. The molecule has 0 amide bonds. The van der Waals surface area contributed by atoms with Crippen LogP contribution in [0.15, 0.2) is 4.52 Å². The average Bonchev–Trinajstić information content (AvgIpc) is 2.54. The molecule has 1 rings (SSSR count). The van der Waals surface area contributed by atoms with Crippen molar-refractivity contribution < 1.29 is 9.26 Å². The van der Waals surface area contributed by atoms with Crippen molar-refractivity contribution >= 4 is 0 Å². The van der Waals surface area contributed by atoms with Gasteiger partial charge in [-0.3, -0.25) is 0 Å². The molecule has 74 valence electrons. The van der Waals surface area contributed by atoms with Crippen LogP contribution in [0.4, 0.5) is 0 Å². The van der Waals surface area contributed by atoms with Crippen LogP contribution in [0.1, 0.15) is 32.0 Å². The number of hydrogen-bond acceptors (Lipinski definition) is 5. The molecule has 0 spiro atoms. The molecule has 0 saturated heterocycles. The van der Waals surface area contributed by atoms with Crippen molar-refractivity contribution in [1.29, 1.82) is 0 Å². The van der Waals surface area contributed by atoms with E-state index in [4.69, 9.17) is 15.0 Å². The fourth-order valence-electron chi connectivity index (χ4n) is 0.827. The topological polar surface area (TPSA) is 74.2 Å². The zero-order valence-electron chi connectivity index (χ0n) is 8.20. The highest BCUT2D eigenvalue weighted by atomic mass is 16.5. The lowest BCUT2D eigenvalue weighted by atomic mass is 10.0. The number of hydrogen-bond donors (Lipinski definition) is 1. The number of methoxy groups -OCH3 is 1. The lowest BCUT2D eigenvalue weighted by Gasteiger charge is -2.16. The maximum Gasteiger partial charge on any atom is 0.252 e. The Morgan fingerprint density at radius 1 is 1.62 bits per heavy atom. The molecule has 1 atom stereocenters. The lowest BCUT2D eigenvalue weighted by molar-refractivity contribution is 0.151. The summed E-state index contributed by atoms with van der Waals surface area (Å²) >= 11 is 0. The predicted molar refractivity (Wildman–Crippen MR) is 46.8 cm³/mol. The Balaban J connectivity index is 2.79. The minimum Gasteiger partial charge on any atom is -0.375 e. The molecule has 2 N–H and O–H groups in total.